The number of rotatable bonds is 10. The average Bonchev–Trinajstić information content (AvgIpc) is 2.74. The van der Waals surface area contributed by atoms with E-state index in [-0.39, 0.29) is 12.4 Å². The SMILES string of the molecule is CCOc1cc(CNCCc2ccc(F)cc2)c(Br)cc1OCc1c(Cl)cccc1Cl. The van der Waals surface area contributed by atoms with Gasteiger partial charge < -0.3 is 14.8 Å². The summed E-state index contributed by atoms with van der Waals surface area (Å²) in [6, 6.07) is 15.8. The molecule has 0 aliphatic rings. The van der Waals surface area contributed by atoms with E-state index in [9.17, 15) is 4.39 Å². The van der Waals surface area contributed by atoms with Crippen LogP contribution in [-0.4, -0.2) is 13.2 Å². The summed E-state index contributed by atoms with van der Waals surface area (Å²) in [7, 11) is 0. The lowest BCUT2D eigenvalue weighted by molar-refractivity contribution is 0.269. The lowest BCUT2D eigenvalue weighted by atomic mass is 10.1. The second-order valence-corrected chi connectivity index (χ2v) is 8.53. The molecule has 0 fully saturated rings. The maximum absolute atomic E-state index is 13.0. The molecule has 3 aromatic rings. The van der Waals surface area contributed by atoms with Gasteiger partial charge in [0.05, 0.1) is 6.61 Å². The van der Waals surface area contributed by atoms with Crippen molar-refractivity contribution in [3.05, 3.63) is 91.6 Å². The van der Waals surface area contributed by atoms with Crippen LogP contribution in [0, 0.1) is 5.82 Å². The maximum Gasteiger partial charge on any atom is 0.162 e. The van der Waals surface area contributed by atoms with Gasteiger partial charge >= 0.3 is 0 Å². The van der Waals surface area contributed by atoms with Gasteiger partial charge in [-0.3, -0.25) is 0 Å². The first-order valence-corrected chi connectivity index (χ1v) is 11.5. The largest absolute Gasteiger partial charge is 0.490 e. The monoisotopic (exact) mass is 525 g/mol. The van der Waals surface area contributed by atoms with E-state index in [1.54, 1.807) is 30.3 Å². The molecule has 3 rings (SSSR count). The van der Waals surface area contributed by atoms with E-state index in [2.05, 4.69) is 21.2 Å². The molecule has 0 heterocycles. The third kappa shape index (κ3) is 6.84. The molecule has 0 bridgehead atoms. The molecule has 0 atom stereocenters. The molecule has 3 aromatic carbocycles. The number of halogens is 4. The third-order valence-electron chi connectivity index (χ3n) is 4.67. The van der Waals surface area contributed by atoms with Crippen molar-refractivity contribution in [3.8, 4) is 11.5 Å². The molecule has 0 spiro atoms. The van der Waals surface area contributed by atoms with Gasteiger partial charge in [-0.05, 0) is 67.4 Å². The topological polar surface area (TPSA) is 30.5 Å². The fourth-order valence-electron chi connectivity index (χ4n) is 3.02. The Hall–Kier alpha value is -1.79. The molecule has 0 amide bonds. The Bertz CT molecular complexity index is 995. The summed E-state index contributed by atoms with van der Waals surface area (Å²) < 4.78 is 25.7. The lowest BCUT2D eigenvalue weighted by Gasteiger charge is -2.16. The first kappa shape index (κ1) is 23.9. The zero-order valence-electron chi connectivity index (χ0n) is 17.1. The molecule has 164 valence electrons. The minimum absolute atomic E-state index is 0.219. The molecular weight excluding hydrogens is 504 g/mol. The van der Waals surface area contributed by atoms with E-state index in [1.165, 1.54) is 12.1 Å². The Balaban J connectivity index is 1.64. The van der Waals surface area contributed by atoms with Gasteiger partial charge in [0.25, 0.3) is 0 Å². The standard InChI is InChI=1S/C24H23BrCl2FNO2/c1-2-30-23-12-17(14-29-11-10-16-6-8-18(28)9-7-16)20(25)13-24(23)31-15-19-21(26)4-3-5-22(19)27/h3-9,12-13,29H,2,10-11,14-15H2,1H3. The van der Waals surface area contributed by atoms with Gasteiger partial charge in [0, 0.05) is 26.6 Å². The van der Waals surface area contributed by atoms with Gasteiger partial charge in [0.2, 0.25) is 0 Å². The first-order valence-electron chi connectivity index (χ1n) is 9.94. The smallest absolute Gasteiger partial charge is 0.162 e. The highest BCUT2D eigenvalue weighted by molar-refractivity contribution is 9.10. The number of nitrogens with one attached hydrogen (secondary N) is 1. The molecule has 31 heavy (non-hydrogen) atoms. The summed E-state index contributed by atoms with van der Waals surface area (Å²) in [5, 5.41) is 4.54. The van der Waals surface area contributed by atoms with Crippen LogP contribution in [0.4, 0.5) is 4.39 Å². The van der Waals surface area contributed by atoms with E-state index in [1.807, 2.05) is 19.1 Å². The van der Waals surface area contributed by atoms with Crippen molar-refractivity contribution >= 4 is 39.1 Å². The Morgan fingerprint density at radius 1 is 0.968 bits per heavy atom. The highest BCUT2D eigenvalue weighted by Crippen LogP contribution is 2.35. The zero-order chi connectivity index (χ0) is 22.2. The van der Waals surface area contributed by atoms with Gasteiger partial charge in [-0.1, -0.05) is 57.3 Å². The first-order chi connectivity index (χ1) is 15.0. The van der Waals surface area contributed by atoms with E-state index >= 15 is 0 Å². The van der Waals surface area contributed by atoms with Crippen molar-refractivity contribution in [2.45, 2.75) is 26.5 Å². The van der Waals surface area contributed by atoms with Crippen LogP contribution in [0.1, 0.15) is 23.6 Å². The van der Waals surface area contributed by atoms with Crippen molar-refractivity contribution < 1.29 is 13.9 Å². The predicted molar refractivity (Wildman–Crippen MR) is 128 cm³/mol. The van der Waals surface area contributed by atoms with E-state index in [0.717, 1.165) is 34.1 Å². The van der Waals surface area contributed by atoms with Crippen molar-refractivity contribution in [2.24, 2.45) is 0 Å². The van der Waals surface area contributed by atoms with Crippen molar-refractivity contribution in [2.75, 3.05) is 13.2 Å². The van der Waals surface area contributed by atoms with Crippen LogP contribution < -0.4 is 14.8 Å². The molecule has 1 N–H and O–H groups in total. The molecule has 3 nitrogen and oxygen atoms in total. The second-order valence-electron chi connectivity index (χ2n) is 6.87. The molecule has 0 aliphatic carbocycles. The van der Waals surface area contributed by atoms with Crippen molar-refractivity contribution in [1.82, 2.24) is 5.32 Å². The Labute approximate surface area is 200 Å². The highest BCUT2D eigenvalue weighted by atomic mass is 79.9. The lowest BCUT2D eigenvalue weighted by Crippen LogP contribution is -2.17. The van der Waals surface area contributed by atoms with Crippen LogP contribution in [0.3, 0.4) is 0 Å². The van der Waals surface area contributed by atoms with Gasteiger partial charge in [0.15, 0.2) is 11.5 Å². The van der Waals surface area contributed by atoms with Gasteiger partial charge in [0.1, 0.15) is 12.4 Å². The average molecular weight is 527 g/mol. The summed E-state index contributed by atoms with van der Waals surface area (Å²) in [5.41, 5.74) is 2.87. The van der Waals surface area contributed by atoms with Crippen LogP contribution in [0.25, 0.3) is 0 Å². The minimum Gasteiger partial charge on any atom is -0.490 e. The van der Waals surface area contributed by atoms with Crippen LogP contribution in [0.15, 0.2) is 59.1 Å². The number of hydrogen-bond acceptors (Lipinski definition) is 3. The van der Waals surface area contributed by atoms with Crippen LogP contribution in [-0.2, 0) is 19.6 Å². The Morgan fingerprint density at radius 2 is 1.65 bits per heavy atom. The van der Waals surface area contributed by atoms with Crippen LogP contribution in [0.5, 0.6) is 11.5 Å². The Morgan fingerprint density at radius 3 is 2.32 bits per heavy atom. The fraction of sp³-hybridized carbons (Fsp3) is 0.250. The maximum atomic E-state index is 13.0. The van der Waals surface area contributed by atoms with Crippen molar-refractivity contribution in [1.29, 1.82) is 0 Å². The van der Waals surface area contributed by atoms with E-state index in [4.69, 9.17) is 32.7 Å². The van der Waals surface area contributed by atoms with E-state index < -0.39 is 0 Å². The number of benzene rings is 3. The van der Waals surface area contributed by atoms with Crippen LogP contribution in [0.2, 0.25) is 10.0 Å². The molecule has 0 aliphatic heterocycles. The summed E-state index contributed by atoms with van der Waals surface area (Å²) >= 11 is 16.1. The molecule has 0 unspecified atom stereocenters. The normalized spacial score (nSPS) is 10.9. The van der Waals surface area contributed by atoms with Crippen LogP contribution >= 0.6 is 39.1 Å². The molecule has 0 radical (unpaired) electrons. The summed E-state index contributed by atoms with van der Waals surface area (Å²) in [5.74, 6) is 1.05. The molecular formula is C24H23BrCl2FNO2. The molecule has 0 aromatic heterocycles. The molecule has 0 saturated heterocycles. The summed E-state index contributed by atoms with van der Waals surface area (Å²) in [6.07, 6.45) is 0.815. The predicted octanol–water partition coefficient (Wildman–Crippen LogP) is 7.21. The van der Waals surface area contributed by atoms with Crippen molar-refractivity contribution in [3.63, 3.8) is 0 Å². The molecule has 0 saturated carbocycles. The zero-order valence-corrected chi connectivity index (χ0v) is 20.2. The Kier molecular flexibility index (Phi) is 9.02. The van der Waals surface area contributed by atoms with Gasteiger partial charge in [-0.25, -0.2) is 4.39 Å². The number of hydrogen-bond donors (Lipinski definition) is 1. The summed E-state index contributed by atoms with van der Waals surface area (Å²) in [6.45, 7) is 4.10. The molecule has 7 heteroatoms. The second kappa shape index (κ2) is 11.7. The quantitative estimate of drug-likeness (QED) is 0.283. The van der Waals surface area contributed by atoms with Gasteiger partial charge in [-0.15, -0.1) is 0 Å². The minimum atomic E-state index is -0.219. The van der Waals surface area contributed by atoms with E-state index in [0.29, 0.717) is 34.7 Å². The third-order valence-corrected chi connectivity index (χ3v) is 6.11. The highest BCUT2D eigenvalue weighted by Gasteiger charge is 2.13. The van der Waals surface area contributed by atoms with Gasteiger partial charge in [-0.2, -0.15) is 0 Å². The summed E-state index contributed by atoms with van der Waals surface area (Å²) in [4.78, 5) is 0. The fourth-order valence-corrected chi connectivity index (χ4v) is 3.99. The number of ether oxygens (including phenoxy) is 2.